The summed E-state index contributed by atoms with van der Waals surface area (Å²) >= 11 is 5.64. The lowest BCUT2D eigenvalue weighted by molar-refractivity contribution is 0.508. The lowest BCUT2D eigenvalue weighted by atomic mass is 9.84. The Morgan fingerprint density at radius 1 is 1.21 bits per heavy atom. The molecule has 75 valence electrons. The third-order valence-corrected chi connectivity index (χ3v) is 3.16. The summed E-state index contributed by atoms with van der Waals surface area (Å²) in [6, 6.07) is 5.18. The first-order chi connectivity index (χ1) is 6.77. The van der Waals surface area contributed by atoms with Crippen LogP contribution >= 0.6 is 11.6 Å². The van der Waals surface area contributed by atoms with Crippen LogP contribution in [0.1, 0.15) is 37.2 Å². The molecule has 1 fully saturated rings. The van der Waals surface area contributed by atoms with Gasteiger partial charge in [0.15, 0.2) is 0 Å². The molecule has 0 atom stereocenters. The highest BCUT2D eigenvalue weighted by molar-refractivity contribution is 6.30. The van der Waals surface area contributed by atoms with Crippen LogP contribution in [-0.2, 0) is 0 Å². The van der Waals surface area contributed by atoms with Gasteiger partial charge in [-0.3, -0.25) is 0 Å². The fourth-order valence-electron chi connectivity index (χ4n) is 2.03. The summed E-state index contributed by atoms with van der Waals surface area (Å²) in [5.74, 6) is 0.227. The minimum Gasteiger partial charge on any atom is -0.205 e. The van der Waals surface area contributed by atoms with E-state index in [0.717, 1.165) is 31.2 Å². The van der Waals surface area contributed by atoms with Gasteiger partial charge in [0.1, 0.15) is 5.82 Å². The van der Waals surface area contributed by atoms with Gasteiger partial charge in [-0.1, -0.05) is 17.7 Å². The average molecular weight is 212 g/mol. The number of halogens is 2. The molecule has 2 rings (SSSR count). The van der Waals surface area contributed by atoms with E-state index in [1.54, 1.807) is 12.1 Å². The van der Waals surface area contributed by atoms with Gasteiger partial charge in [0.05, 0.1) is 5.02 Å². The highest BCUT2D eigenvalue weighted by atomic mass is 35.5. The van der Waals surface area contributed by atoms with Crippen molar-refractivity contribution in [2.75, 3.05) is 0 Å². The Morgan fingerprint density at radius 2 is 1.93 bits per heavy atom. The van der Waals surface area contributed by atoms with Crippen molar-refractivity contribution in [1.82, 2.24) is 0 Å². The van der Waals surface area contributed by atoms with Crippen LogP contribution in [0.5, 0.6) is 0 Å². The van der Waals surface area contributed by atoms with E-state index in [1.165, 1.54) is 0 Å². The summed E-state index contributed by atoms with van der Waals surface area (Å²) in [4.78, 5) is 0. The van der Waals surface area contributed by atoms with Crippen LogP contribution in [0.3, 0.4) is 0 Å². The Morgan fingerprint density at radius 3 is 2.57 bits per heavy atom. The van der Waals surface area contributed by atoms with Crippen molar-refractivity contribution in [3.05, 3.63) is 41.0 Å². The van der Waals surface area contributed by atoms with Gasteiger partial charge in [0.25, 0.3) is 0 Å². The second-order valence-corrected chi connectivity index (χ2v) is 4.22. The largest absolute Gasteiger partial charge is 0.205 e. The maximum absolute atomic E-state index is 13.2. The topological polar surface area (TPSA) is 0 Å². The number of rotatable bonds is 1. The minimum atomic E-state index is -0.293. The van der Waals surface area contributed by atoms with Gasteiger partial charge in [-0.2, -0.15) is 0 Å². The predicted molar refractivity (Wildman–Crippen MR) is 56.9 cm³/mol. The van der Waals surface area contributed by atoms with Gasteiger partial charge in [-0.05, 0) is 55.7 Å². The second kappa shape index (κ2) is 4.31. The van der Waals surface area contributed by atoms with E-state index in [2.05, 4.69) is 6.42 Å². The normalized spacial score (nSPS) is 18.4. The van der Waals surface area contributed by atoms with Crippen LogP contribution in [0.2, 0.25) is 5.02 Å². The zero-order valence-corrected chi connectivity index (χ0v) is 8.73. The maximum atomic E-state index is 13.2. The molecule has 1 saturated carbocycles. The Labute approximate surface area is 89.1 Å². The van der Waals surface area contributed by atoms with Crippen molar-refractivity contribution in [2.45, 2.75) is 31.6 Å². The summed E-state index contributed by atoms with van der Waals surface area (Å²) in [7, 11) is 0. The zero-order valence-electron chi connectivity index (χ0n) is 7.97. The van der Waals surface area contributed by atoms with E-state index < -0.39 is 0 Å². The van der Waals surface area contributed by atoms with E-state index in [9.17, 15) is 4.39 Å². The van der Waals surface area contributed by atoms with Crippen LogP contribution in [0, 0.1) is 12.2 Å². The van der Waals surface area contributed by atoms with E-state index in [1.807, 2.05) is 6.07 Å². The van der Waals surface area contributed by atoms with Crippen molar-refractivity contribution in [3.8, 4) is 0 Å². The molecule has 0 aliphatic heterocycles. The number of benzene rings is 1. The molecule has 1 aromatic rings. The van der Waals surface area contributed by atoms with Gasteiger partial charge in [-0.25, -0.2) is 4.39 Å². The number of hydrogen-bond donors (Lipinski definition) is 0. The maximum Gasteiger partial charge on any atom is 0.142 e. The second-order valence-electron chi connectivity index (χ2n) is 3.81. The summed E-state index contributed by atoms with van der Waals surface area (Å²) in [5, 5.41) is 0.219. The molecule has 0 heterocycles. The molecular formula is C12H13ClF. The van der Waals surface area contributed by atoms with Crippen molar-refractivity contribution < 1.29 is 4.39 Å². The molecule has 1 aliphatic carbocycles. The first kappa shape index (κ1) is 9.97. The Kier molecular flexibility index (Phi) is 3.07. The minimum absolute atomic E-state index is 0.219. The molecule has 1 radical (unpaired) electrons. The third kappa shape index (κ3) is 2.09. The van der Waals surface area contributed by atoms with Crippen molar-refractivity contribution in [1.29, 1.82) is 0 Å². The molecular weight excluding hydrogens is 199 g/mol. The van der Waals surface area contributed by atoms with E-state index in [4.69, 9.17) is 11.6 Å². The average Bonchev–Trinajstić information content (AvgIpc) is 2.23. The molecule has 0 saturated heterocycles. The Hall–Kier alpha value is -0.560. The molecule has 0 spiro atoms. The van der Waals surface area contributed by atoms with Gasteiger partial charge < -0.3 is 0 Å². The lowest BCUT2D eigenvalue weighted by Gasteiger charge is -2.21. The summed E-state index contributed by atoms with van der Waals surface area (Å²) in [5.41, 5.74) is 1.10. The van der Waals surface area contributed by atoms with Crippen LogP contribution in [0.4, 0.5) is 4.39 Å². The zero-order chi connectivity index (χ0) is 9.97. The summed E-state index contributed by atoms with van der Waals surface area (Å²) in [6.07, 6.45) is 6.88. The molecule has 0 bridgehead atoms. The van der Waals surface area contributed by atoms with Crippen molar-refractivity contribution >= 4 is 11.6 Å². The predicted octanol–water partition coefficient (Wildman–Crippen LogP) is 4.34. The number of hydrogen-bond acceptors (Lipinski definition) is 0. The molecule has 1 aliphatic rings. The van der Waals surface area contributed by atoms with Crippen LogP contribution in [0.25, 0.3) is 0 Å². The molecule has 1 aromatic carbocycles. The highest BCUT2D eigenvalue weighted by Crippen LogP contribution is 2.33. The smallest absolute Gasteiger partial charge is 0.142 e. The monoisotopic (exact) mass is 211 g/mol. The molecule has 0 aromatic heterocycles. The fraction of sp³-hybridized carbons (Fsp3) is 0.417. The molecule has 0 nitrogen and oxygen atoms in total. The lowest BCUT2D eigenvalue weighted by Crippen LogP contribution is -2.05. The summed E-state index contributed by atoms with van der Waals surface area (Å²) in [6.45, 7) is 0. The van der Waals surface area contributed by atoms with Crippen molar-refractivity contribution in [3.63, 3.8) is 0 Å². The van der Waals surface area contributed by atoms with Gasteiger partial charge in [0, 0.05) is 0 Å². The molecule has 2 heteroatoms. The third-order valence-electron chi connectivity index (χ3n) is 2.85. The molecule has 14 heavy (non-hydrogen) atoms. The fourth-order valence-corrected chi connectivity index (χ4v) is 2.14. The summed E-state index contributed by atoms with van der Waals surface area (Å²) < 4.78 is 13.2. The molecule has 0 N–H and O–H groups in total. The molecule has 0 amide bonds. The van der Waals surface area contributed by atoms with Crippen LogP contribution in [0.15, 0.2) is 18.2 Å². The first-order valence-electron chi connectivity index (χ1n) is 5.04. The standard InChI is InChI=1S/C12H13ClF/c13-11-7-6-10(8-12(11)14)9-4-2-1-3-5-9/h1,6-9H,2-5H2. The van der Waals surface area contributed by atoms with Crippen LogP contribution < -0.4 is 0 Å². The highest BCUT2D eigenvalue weighted by Gasteiger charge is 2.16. The van der Waals surface area contributed by atoms with Gasteiger partial charge in [-0.15, -0.1) is 0 Å². The SMILES string of the molecule is Fc1cc(C2CC[CH]CC2)ccc1Cl. The van der Waals surface area contributed by atoms with E-state index >= 15 is 0 Å². The Balaban J connectivity index is 2.18. The van der Waals surface area contributed by atoms with E-state index in [0.29, 0.717) is 5.92 Å². The first-order valence-corrected chi connectivity index (χ1v) is 5.42. The quantitative estimate of drug-likeness (QED) is 0.648. The van der Waals surface area contributed by atoms with Crippen molar-refractivity contribution in [2.24, 2.45) is 0 Å². The van der Waals surface area contributed by atoms with Gasteiger partial charge in [0.2, 0.25) is 0 Å². The molecule has 0 unspecified atom stereocenters. The van der Waals surface area contributed by atoms with Crippen LogP contribution in [-0.4, -0.2) is 0 Å². The Bertz CT molecular complexity index is 316. The van der Waals surface area contributed by atoms with E-state index in [-0.39, 0.29) is 10.8 Å². The van der Waals surface area contributed by atoms with Gasteiger partial charge >= 0.3 is 0 Å².